The number of carbonyl (C=O) groups is 2. The van der Waals surface area contributed by atoms with Gasteiger partial charge in [0.15, 0.2) is 0 Å². The molecule has 0 saturated carbocycles. The van der Waals surface area contributed by atoms with Gasteiger partial charge in [-0.2, -0.15) is 0 Å². The maximum atomic E-state index is 12.7. The maximum Gasteiger partial charge on any atom is 0.326 e. The highest BCUT2D eigenvalue weighted by Gasteiger charge is 2.21. The SMILES string of the molecule is O=C(NC(Cc1ccccc1)C(=O)O)c1ccc2cc(OCCc3ccccc3)ccc2c1. The number of ether oxygens (including phenoxy) is 1. The molecular weight excluding hydrogens is 414 g/mol. The molecule has 1 unspecified atom stereocenters. The Morgan fingerprint density at radius 1 is 0.788 bits per heavy atom. The number of carbonyl (C=O) groups excluding carboxylic acids is 1. The monoisotopic (exact) mass is 439 g/mol. The van der Waals surface area contributed by atoms with Crippen molar-refractivity contribution in [1.82, 2.24) is 5.32 Å². The molecule has 5 heteroatoms. The first-order chi connectivity index (χ1) is 16.1. The Morgan fingerprint density at radius 3 is 2.12 bits per heavy atom. The molecule has 0 aromatic heterocycles. The minimum Gasteiger partial charge on any atom is -0.493 e. The van der Waals surface area contributed by atoms with Gasteiger partial charge in [-0.15, -0.1) is 0 Å². The number of carboxylic acid groups (broad SMARTS) is 1. The van der Waals surface area contributed by atoms with Crippen molar-refractivity contribution in [2.24, 2.45) is 0 Å². The molecule has 0 aliphatic heterocycles. The van der Waals surface area contributed by atoms with E-state index in [2.05, 4.69) is 17.4 Å². The second-order valence-electron chi connectivity index (χ2n) is 7.86. The second-order valence-corrected chi connectivity index (χ2v) is 7.86. The van der Waals surface area contributed by atoms with Gasteiger partial charge in [-0.05, 0) is 46.2 Å². The quantitative estimate of drug-likeness (QED) is 0.389. The van der Waals surface area contributed by atoms with Gasteiger partial charge in [-0.1, -0.05) is 72.8 Å². The van der Waals surface area contributed by atoms with Crippen molar-refractivity contribution in [1.29, 1.82) is 0 Å². The van der Waals surface area contributed by atoms with Crippen LogP contribution in [0.2, 0.25) is 0 Å². The van der Waals surface area contributed by atoms with E-state index in [1.54, 1.807) is 12.1 Å². The van der Waals surface area contributed by atoms with Gasteiger partial charge >= 0.3 is 5.97 Å². The molecule has 1 atom stereocenters. The van der Waals surface area contributed by atoms with Crippen LogP contribution in [0.25, 0.3) is 10.8 Å². The van der Waals surface area contributed by atoms with Gasteiger partial charge in [0.25, 0.3) is 5.91 Å². The average Bonchev–Trinajstić information content (AvgIpc) is 2.84. The van der Waals surface area contributed by atoms with Crippen LogP contribution >= 0.6 is 0 Å². The third-order valence-electron chi connectivity index (χ3n) is 5.46. The zero-order chi connectivity index (χ0) is 23.0. The van der Waals surface area contributed by atoms with E-state index in [0.29, 0.717) is 12.2 Å². The van der Waals surface area contributed by atoms with E-state index in [-0.39, 0.29) is 6.42 Å². The number of amides is 1. The van der Waals surface area contributed by atoms with Crippen LogP contribution in [0, 0.1) is 0 Å². The predicted molar refractivity (Wildman–Crippen MR) is 129 cm³/mol. The summed E-state index contributed by atoms with van der Waals surface area (Å²) in [6.07, 6.45) is 1.05. The van der Waals surface area contributed by atoms with Crippen LogP contribution in [0.3, 0.4) is 0 Å². The second kappa shape index (κ2) is 10.5. The summed E-state index contributed by atoms with van der Waals surface area (Å²) in [6.45, 7) is 0.577. The van der Waals surface area contributed by atoms with E-state index >= 15 is 0 Å². The summed E-state index contributed by atoms with van der Waals surface area (Å²) in [4.78, 5) is 24.4. The Bertz CT molecular complexity index is 1240. The summed E-state index contributed by atoms with van der Waals surface area (Å²) in [7, 11) is 0. The van der Waals surface area contributed by atoms with Crippen molar-refractivity contribution in [2.75, 3.05) is 6.61 Å². The highest BCUT2D eigenvalue weighted by atomic mass is 16.5. The Kier molecular flexibility index (Phi) is 7.00. The van der Waals surface area contributed by atoms with E-state index < -0.39 is 17.9 Å². The molecule has 0 aliphatic carbocycles. The molecule has 0 aliphatic rings. The predicted octanol–water partition coefficient (Wildman–Crippen LogP) is 4.89. The van der Waals surface area contributed by atoms with Crippen LogP contribution in [0.5, 0.6) is 5.75 Å². The lowest BCUT2D eigenvalue weighted by atomic mass is 10.0. The molecule has 4 rings (SSSR count). The fourth-order valence-electron chi connectivity index (χ4n) is 3.68. The number of nitrogens with one attached hydrogen (secondary N) is 1. The summed E-state index contributed by atoms with van der Waals surface area (Å²) >= 11 is 0. The van der Waals surface area contributed by atoms with E-state index in [1.165, 1.54) is 5.56 Å². The van der Waals surface area contributed by atoms with Gasteiger partial charge in [0, 0.05) is 18.4 Å². The van der Waals surface area contributed by atoms with E-state index in [9.17, 15) is 14.7 Å². The molecule has 0 spiro atoms. The van der Waals surface area contributed by atoms with Crippen molar-refractivity contribution in [2.45, 2.75) is 18.9 Å². The smallest absolute Gasteiger partial charge is 0.326 e. The molecule has 0 radical (unpaired) electrons. The molecule has 4 aromatic rings. The fourth-order valence-corrected chi connectivity index (χ4v) is 3.68. The van der Waals surface area contributed by atoms with Gasteiger partial charge in [0.1, 0.15) is 11.8 Å². The molecule has 0 bridgehead atoms. The van der Waals surface area contributed by atoms with E-state index in [1.807, 2.05) is 72.8 Å². The third-order valence-corrected chi connectivity index (χ3v) is 5.46. The molecule has 4 aromatic carbocycles. The highest BCUT2D eigenvalue weighted by Crippen LogP contribution is 2.22. The summed E-state index contributed by atoms with van der Waals surface area (Å²) in [5.74, 6) is -0.710. The van der Waals surface area contributed by atoms with Gasteiger partial charge in [-0.25, -0.2) is 4.79 Å². The topological polar surface area (TPSA) is 75.6 Å². The third kappa shape index (κ3) is 5.98. The zero-order valence-corrected chi connectivity index (χ0v) is 18.1. The molecule has 2 N–H and O–H groups in total. The lowest BCUT2D eigenvalue weighted by molar-refractivity contribution is -0.139. The number of rotatable bonds is 9. The first-order valence-electron chi connectivity index (χ1n) is 10.9. The Hall–Kier alpha value is -4.12. The van der Waals surface area contributed by atoms with Crippen molar-refractivity contribution < 1.29 is 19.4 Å². The number of benzene rings is 4. The summed E-state index contributed by atoms with van der Waals surface area (Å²) in [5, 5.41) is 14.0. The molecule has 166 valence electrons. The average molecular weight is 440 g/mol. The number of hydrogen-bond acceptors (Lipinski definition) is 3. The highest BCUT2D eigenvalue weighted by molar-refractivity contribution is 6.00. The van der Waals surface area contributed by atoms with Crippen LogP contribution in [0.4, 0.5) is 0 Å². The van der Waals surface area contributed by atoms with Crippen LogP contribution in [-0.4, -0.2) is 29.6 Å². The Morgan fingerprint density at radius 2 is 1.42 bits per heavy atom. The minimum absolute atomic E-state index is 0.221. The first-order valence-corrected chi connectivity index (χ1v) is 10.9. The van der Waals surface area contributed by atoms with Gasteiger partial charge in [-0.3, -0.25) is 4.79 Å². The summed E-state index contributed by atoms with van der Waals surface area (Å²) < 4.78 is 5.89. The largest absolute Gasteiger partial charge is 0.493 e. The zero-order valence-electron chi connectivity index (χ0n) is 18.1. The summed E-state index contributed by atoms with van der Waals surface area (Å²) in [6, 6.07) is 29.5. The number of hydrogen-bond donors (Lipinski definition) is 2. The van der Waals surface area contributed by atoms with Crippen LogP contribution in [0.15, 0.2) is 97.1 Å². The standard InChI is InChI=1S/C28H25NO4/c30-27(29-26(28(31)32)17-21-9-5-2-6-10-21)24-12-11-23-19-25(14-13-22(23)18-24)33-16-15-20-7-3-1-4-8-20/h1-14,18-19,26H,15-17H2,(H,29,30)(H,31,32). The molecule has 5 nitrogen and oxygen atoms in total. The van der Waals surface area contributed by atoms with Crippen LogP contribution < -0.4 is 10.1 Å². The van der Waals surface area contributed by atoms with Crippen LogP contribution in [-0.2, 0) is 17.6 Å². The Balaban J connectivity index is 1.40. The lowest BCUT2D eigenvalue weighted by Crippen LogP contribution is -2.42. The maximum absolute atomic E-state index is 12.7. The molecule has 0 fully saturated rings. The molecule has 0 heterocycles. The molecule has 33 heavy (non-hydrogen) atoms. The summed E-state index contributed by atoms with van der Waals surface area (Å²) in [5.41, 5.74) is 2.49. The molecular formula is C28H25NO4. The minimum atomic E-state index is -1.06. The van der Waals surface area contributed by atoms with Gasteiger partial charge in [0.05, 0.1) is 6.61 Å². The van der Waals surface area contributed by atoms with Crippen molar-refractivity contribution in [3.63, 3.8) is 0 Å². The number of carboxylic acids is 1. The van der Waals surface area contributed by atoms with Crippen molar-refractivity contribution >= 4 is 22.6 Å². The fraction of sp³-hybridized carbons (Fsp3) is 0.143. The Labute approximate surface area is 192 Å². The van der Waals surface area contributed by atoms with Gasteiger partial charge < -0.3 is 15.2 Å². The van der Waals surface area contributed by atoms with Gasteiger partial charge in [0.2, 0.25) is 0 Å². The first kappa shape index (κ1) is 22.1. The normalized spacial score (nSPS) is 11.6. The van der Waals surface area contributed by atoms with Crippen LogP contribution in [0.1, 0.15) is 21.5 Å². The lowest BCUT2D eigenvalue weighted by Gasteiger charge is -2.15. The molecule has 0 saturated heterocycles. The number of aliphatic carboxylic acids is 1. The molecule has 1 amide bonds. The van der Waals surface area contributed by atoms with Crippen molar-refractivity contribution in [3.05, 3.63) is 114 Å². The van der Waals surface area contributed by atoms with Crippen molar-refractivity contribution in [3.8, 4) is 5.75 Å². The number of fused-ring (bicyclic) bond motifs is 1. The van der Waals surface area contributed by atoms with E-state index in [4.69, 9.17) is 4.74 Å². The van der Waals surface area contributed by atoms with E-state index in [0.717, 1.165) is 28.5 Å².